The van der Waals surface area contributed by atoms with E-state index in [0.29, 0.717) is 24.5 Å². The van der Waals surface area contributed by atoms with Crippen molar-refractivity contribution in [1.29, 1.82) is 0 Å². The van der Waals surface area contributed by atoms with Crippen molar-refractivity contribution in [3.8, 4) is 5.75 Å². The van der Waals surface area contributed by atoms with Gasteiger partial charge in [-0.05, 0) is 26.0 Å². The first-order chi connectivity index (χ1) is 7.65. The lowest BCUT2D eigenvalue weighted by Crippen LogP contribution is -2.15. The van der Waals surface area contributed by atoms with E-state index >= 15 is 0 Å². The van der Waals surface area contributed by atoms with E-state index in [2.05, 4.69) is 0 Å². The number of esters is 1. The van der Waals surface area contributed by atoms with Gasteiger partial charge in [0, 0.05) is 6.54 Å². The van der Waals surface area contributed by atoms with Crippen molar-refractivity contribution < 1.29 is 14.3 Å². The Balaban J connectivity index is 0.00000256. The zero-order valence-electron chi connectivity index (χ0n) is 10.0. The summed E-state index contributed by atoms with van der Waals surface area (Å²) < 4.78 is 10.5. The van der Waals surface area contributed by atoms with Gasteiger partial charge in [-0.1, -0.05) is 12.1 Å². The summed E-state index contributed by atoms with van der Waals surface area (Å²) >= 11 is 0. The Kier molecular flexibility index (Phi) is 7.34. The fourth-order valence-electron chi connectivity index (χ4n) is 1.21. The maximum absolute atomic E-state index is 11.7. The molecule has 17 heavy (non-hydrogen) atoms. The molecule has 4 nitrogen and oxygen atoms in total. The van der Waals surface area contributed by atoms with Gasteiger partial charge < -0.3 is 15.2 Å². The Bertz CT molecular complexity index is 355. The van der Waals surface area contributed by atoms with Gasteiger partial charge in [0.2, 0.25) is 0 Å². The van der Waals surface area contributed by atoms with Crippen LogP contribution in [0.15, 0.2) is 24.3 Å². The van der Waals surface area contributed by atoms with Gasteiger partial charge >= 0.3 is 5.97 Å². The zero-order chi connectivity index (χ0) is 12.0. The predicted octanol–water partition coefficient (Wildman–Crippen LogP) is 2.01. The molecule has 0 aromatic heterocycles. The Morgan fingerprint density at radius 2 is 2.00 bits per heavy atom. The molecule has 2 N–H and O–H groups in total. The molecule has 0 radical (unpaired) electrons. The van der Waals surface area contributed by atoms with Crippen molar-refractivity contribution in [2.45, 2.75) is 20.0 Å². The van der Waals surface area contributed by atoms with Crippen molar-refractivity contribution in [3.05, 3.63) is 29.8 Å². The molecule has 0 fully saturated rings. The largest absolute Gasteiger partial charge is 0.491 e. The molecule has 1 rings (SSSR count). The SMILES string of the molecule is CC(C)OC(=O)c1ccccc1OCCN.Cl. The molecule has 0 spiro atoms. The Morgan fingerprint density at radius 1 is 1.35 bits per heavy atom. The van der Waals surface area contributed by atoms with Gasteiger partial charge in [-0.15, -0.1) is 12.4 Å². The molecular formula is C12H18ClNO3. The first kappa shape index (κ1) is 15.7. The zero-order valence-corrected chi connectivity index (χ0v) is 10.8. The average Bonchev–Trinajstić information content (AvgIpc) is 2.25. The predicted molar refractivity (Wildman–Crippen MR) is 68.8 cm³/mol. The first-order valence-corrected chi connectivity index (χ1v) is 5.28. The molecule has 0 heterocycles. The smallest absolute Gasteiger partial charge is 0.342 e. The molecule has 0 saturated carbocycles. The highest BCUT2D eigenvalue weighted by Crippen LogP contribution is 2.19. The van der Waals surface area contributed by atoms with Crippen LogP contribution in [-0.4, -0.2) is 25.2 Å². The molecule has 1 aromatic carbocycles. The van der Waals surface area contributed by atoms with Crippen LogP contribution in [0, 0.1) is 0 Å². The number of hydrogen-bond acceptors (Lipinski definition) is 4. The van der Waals surface area contributed by atoms with E-state index in [1.807, 2.05) is 0 Å². The third-order valence-electron chi connectivity index (χ3n) is 1.83. The van der Waals surface area contributed by atoms with Gasteiger partial charge in [-0.25, -0.2) is 4.79 Å². The van der Waals surface area contributed by atoms with Gasteiger partial charge in [-0.3, -0.25) is 0 Å². The van der Waals surface area contributed by atoms with E-state index < -0.39 is 0 Å². The summed E-state index contributed by atoms with van der Waals surface area (Å²) in [5, 5.41) is 0. The van der Waals surface area contributed by atoms with Crippen molar-refractivity contribution in [1.82, 2.24) is 0 Å². The van der Waals surface area contributed by atoms with Crippen molar-refractivity contribution in [3.63, 3.8) is 0 Å². The molecule has 1 aromatic rings. The Morgan fingerprint density at radius 3 is 2.59 bits per heavy atom. The van der Waals surface area contributed by atoms with E-state index in [1.165, 1.54) is 0 Å². The normalized spacial score (nSPS) is 9.65. The van der Waals surface area contributed by atoms with Crippen molar-refractivity contribution in [2.75, 3.05) is 13.2 Å². The van der Waals surface area contributed by atoms with E-state index in [0.717, 1.165) is 0 Å². The van der Waals surface area contributed by atoms with Crippen LogP contribution < -0.4 is 10.5 Å². The van der Waals surface area contributed by atoms with E-state index in [-0.39, 0.29) is 24.5 Å². The molecule has 0 aliphatic carbocycles. The minimum atomic E-state index is -0.373. The molecule has 0 unspecified atom stereocenters. The maximum Gasteiger partial charge on any atom is 0.342 e. The first-order valence-electron chi connectivity index (χ1n) is 5.28. The van der Waals surface area contributed by atoms with Crippen LogP contribution in [0.2, 0.25) is 0 Å². The average molecular weight is 260 g/mol. The van der Waals surface area contributed by atoms with Crippen LogP contribution in [0.3, 0.4) is 0 Å². The minimum Gasteiger partial charge on any atom is -0.491 e. The summed E-state index contributed by atoms with van der Waals surface area (Å²) in [6.07, 6.45) is -0.143. The highest BCUT2D eigenvalue weighted by molar-refractivity contribution is 5.92. The van der Waals surface area contributed by atoms with Gasteiger partial charge in [0.05, 0.1) is 6.10 Å². The number of para-hydroxylation sites is 1. The van der Waals surface area contributed by atoms with E-state index in [9.17, 15) is 4.79 Å². The monoisotopic (exact) mass is 259 g/mol. The highest BCUT2D eigenvalue weighted by atomic mass is 35.5. The topological polar surface area (TPSA) is 61.5 Å². The number of carbonyl (C=O) groups excluding carboxylic acids is 1. The summed E-state index contributed by atoms with van der Waals surface area (Å²) in [7, 11) is 0. The molecule has 5 heteroatoms. The lowest BCUT2D eigenvalue weighted by Gasteiger charge is -2.12. The summed E-state index contributed by atoms with van der Waals surface area (Å²) in [5.41, 5.74) is 5.78. The number of ether oxygens (including phenoxy) is 2. The minimum absolute atomic E-state index is 0. The Labute approximate surface area is 108 Å². The third-order valence-corrected chi connectivity index (χ3v) is 1.83. The number of carbonyl (C=O) groups is 1. The molecule has 0 atom stereocenters. The molecule has 0 aliphatic rings. The second-order valence-electron chi connectivity index (χ2n) is 3.59. The lowest BCUT2D eigenvalue weighted by molar-refractivity contribution is 0.0373. The molecule has 0 bridgehead atoms. The number of rotatable bonds is 5. The Hall–Kier alpha value is -1.26. The van der Waals surface area contributed by atoms with Gasteiger partial charge in [0.1, 0.15) is 17.9 Å². The number of halogens is 1. The highest BCUT2D eigenvalue weighted by Gasteiger charge is 2.14. The fourth-order valence-corrected chi connectivity index (χ4v) is 1.21. The van der Waals surface area contributed by atoms with Crippen LogP contribution in [0.5, 0.6) is 5.75 Å². The summed E-state index contributed by atoms with van der Waals surface area (Å²) in [4.78, 5) is 11.7. The second-order valence-corrected chi connectivity index (χ2v) is 3.59. The van der Waals surface area contributed by atoms with Crippen LogP contribution >= 0.6 is 12.4 Å². The number of benzene rings is 1. The van der Waals surface area contributed by atoms with Gasteiger partial charge in [-0.2, -0.15) is 0 Å². The van der Waals surface area contributed by atoms with Crippen LogP contribution in [0.1, 0.15) is 24.2 Å². The lowest BCUT2D eigenvalue weighted by atomic mass is 10.2. The molecule has 0 amide bonds. The maximum atomic E-state index is 11.7. The van der Waals surface area contributed by atoms with Gasteiger partial charge in [0.25, 0.3) is 0 Å². The van der Waals surface area contributed by atoms with Crippen molar-refractivity contribution >= 4 is 18.4 Å². The van der Waals surface area contributed by atoms with Crippen LogP contribution in [0.25, 0.3) is 0 Å². The second kappa shape index (κ2) is 7.92. The van der Waals surface area contributed by atoms with Crippen LogP contribution in [-0.2, 0) is 4.74 Å². The number of hydrogen-bond donors (Lipinski definition) is 1. The summed E-state index contributed by atoms with van der Waals surface area (Å²) in [6, 6.07) is 6.98. The van der Waals surface area contributed by atoms with Gasteiger partial charge in [0.15, 0.2) is 0 Å². The molecule has 0 aliphatic heterocycles. The third kappa shape index (κ3) is 5.06. The molecule has 0 saturated heterocycles. The quantitative estimate of drug-likeness (QED) is 0.822. The van der Waals surface area contributed by atoms with Crippen molar-refractivity contribution in [2.24, 2.45) is 5.73 Å². The summed E-state index contributed by atoms with van der Waals surface area (Å²) in [5.74, 6) is 0.140. The van der Waals surface area contributed by atoms with E-state index in [1.54, 1.807) is 38.1 Å². The fraction of sp³-hybridized carbons (Fsp3) is 0.417. The molecular weight excluding hydrogens is 242 g/mol. The standard InChI is InChI=1S/C12H17NO3.ClH/c1-9(2)16-12(14)10-5-3-4-6-11(10)15-8-7-13;/h3-6,9H,7-8,13H2,1-2H3;1H. The molecule has 96 valence electrons. The van der Waals surface area contributed by atoms with Crippen LogP contribution in [0.4, 0.5) is 0 Å². The van der Waals surface area contributed by atoms with E-state index in [4.69, 9.17) is 15.2 Å². The number of nitrogens with two attached hydrogens (primary N) is 1. The summed E-state index contributed by atoms with van der Waals surface area (Å²) in [6.45, 7) is 4.40.